The van der Waals surface area contributed by atoms with Gasteiger partial charge in [-0.2, -0.15) is 0 Å². The lowest BCUT2D eigenvalue weighted by Crippen LogP contribution is -2.50. The monoisotopic (exact) mass is 344 g/mol. The van der Waals surface area contributed by atoms with Crippen LogP contribution in [0, 0.1) is 5.82 Å². The summed E-state index contributed by atoms with van der Waals surface area (Å²) in [5, 5.41) is 2.51. The second-order valence-corrected chi connectivity index (χ2v) is 5.45. The Bertz CT molecular complexity index is 824. The molecule has 0 fully saturated rings. The van der Waals surface area contributed by atoms with Crippen molar-refractivity contribution in [2.45, 2.75) is 6.10 Å². The van der Waals surface area contributed by atoms with Gasteiger partial charge in [-0.15, -0.1) is 0 Å². The number of anilines is 1. The predicted molar refractivity (Wildman–Crippen MR) is 89.6 cm³/mol. The van der Waals surface area contributed by atoms with Crippen molar-refractivity contribution in [2.24, 2.45) is 0 Å². The zero-order chi connectivity index (χ0) is 18.0. The summed E-state index contributed by atoms with van der Waals surface area (Å²) in [6.07, 6.45) is -0.858. The zero-order valence-electron chi connectivity index (χ0n) is 13.8. The molecule has 1 atom stereocenters. The second-order valence-electron chi connectivity index (χ2n) is 5.45. The molecule has 1 N–H and O–H groups in total. The van der Waals surface area contributed by atoms with E-state index >= 15 is 0 Å². The molecular weight excluding hydrogens is 327 g/mol. The van der Waals surface area contributed by atoms with Crippen molar-refractivity contribution in [1.29, 1.82) is 0 Å². The summed E-state index contributed by atoms with van der Waals surface area (Å²) in [7, 11) is 2.90. The smallest absolute Gasteiger partial charge is 0.262 e. The third-order valence-electron chi connectivity index (χ3n) is 3.95. The molecule has 0 aromatic heterocycles. The van der Waals surface area contributed by atoms with Crippen molar-refractivity contribution in [1.82, 2.24) is 5.32 Å². The minimum Gasteiger partial charge on any atom is -0.496 e. The molecule has 2 amide bonds. The first-order chi connectivity index (χ1) is 12.0. The zero-order valence-corrected chi connectivity index (χ0v) is 13.8. The van der Waals surface area contributed by atoms with Crippen LogP contribution in [-0.2, 0) is 4.79 Å². The summed E-state index contributed by atoms with van der Waals surface area (Å²) < 4.78 is 24.5. The number of hydrogen-bond acceptors (Lipinski definition) is 4. The lowest BCUT2D eigenvalue weighted by Gasteiger charge is -2.34. The quantitative estimate of drug-likeness (QED) is 0.925. The van der Waals surface area contributed by atoms with E-state index in [-0.39, 0.29) is 23.8 Å². The van der Waals surface area contributed by atoms with Gasteiger partial charge in [0.15, 0.2) is 6.10 Å². The number of likely N-dealkylation sites (N-methyl/N-ethyl adjacent to an activating group) is 1. The number of benzene rings is 2. The highest BCUT2D eigenvalue weighted by Gasteiger charge is 2.34. The molecule has 7 heteroatoms. The molecule has 0 aliphatic carbocycles. The second kappa shape index (κ2) is 6.80. The first kappa shape index (κ1) is 16.8. The Morgan fingerprint density at radius 1 is 1.28 bits per heavy atom. The van der Waals surface area contributed by atoms with Crippen LogP contribution in [0.15, 0.2) is 42.5 Å². The molecule has 1 aliphatic heterocycles. The van der Waals surface area contributed by atoms with Gasteiger partial charge in [0, 0.05) is 7.05 Å². The van der Waals surface area contributed by atoms with E-state index in [0.717, 1.165) is 6.07 Å². The molecule has 1 aliphatic rings. The van der Waals surface area contributed by atoms with E-state index in [1.165, 1.54) is 31.2 Å². The average molecular weight is 344 g/mol. The van der Waals surface area contributed by atoms with Gasteiger partial charge in [0.1, 0.15) is 17.3 Å². The summed E-state index contributed by atoms with van der Waals surface area (Å²) in [4.78, 5) is 26.4. The van der Waals surface area contributed by atoms with Crippen LogP contribution in [0.1, 0.15) is 10.4 Å². The highest BCUT2D eigenvalue weighted by molar-refractivity contribution is 6.09. The standard InChI is InChI=1S/C18H17FN2O4/c1-20-17(22)16-10-21(13-5-3-4-6-15(13)25-16)18(23)12-9-11(19)7-8-14(12)24-2/h3-9,16H,10H2,1-2H3,(H,20,22)/t16-/m0/s1. The van der Waals surface area contributed by atoms with E-state index in [9.17, 15) is 14.0 Å². The predicted octanol–water partition coefficient (Wildman–Crippen LogP) is 1.99. The van der Waals surface area contributed by atoms with Crippen LogP contribution >= 0.6 is 0 Å². The minimum atomic E-state index is -0.858. The molecule has 3 rings (SSSR count). The largest absolute Gasteiger partial charge is 0.496 e. The van der Waals surface area contributed by atoms with Gasteiger partial charge in [0.2, 0.25) is 0 Å². The first-order valence-electron chi connectivity index (χ1n) is 7.68. The Hall–Kier alpha value is -3.09. The van der Waals surface area contributed by atoms with Crippen LogP contribution in [-0.4, -0.2) is 38.6 Å². The molecular formula is C18H17FN2O4. The molecule has 130 valence electrons. The van der Waals surface area contributed by atoms with Crippen molar-refractivity contribution >= 4 is 17.5 Å². The number of nitrogens with one attached hydrogen (secondary N) is 1. The molecule has 0 unspecified atom stereocenters. The number of carbonyl (C=O) groups excluding carboxylic acids is 2. The number of rotatable bonds is 3. The van der Waals surface area contributed by atoms with E-state index in [4.69, 9.17) is 9.47 Å². The van der Waals surface area contributed by atoms with Crippen LogP contribution in [0.4, 0.5) is 10.1 Å². The van der Waals surface area contributed by atoms with E-state index < -0.39 is 17.8 Å². The number of ether oxygens (including phenoxy) is 2. The van der Waals surface area contributed by atoms with Gasteiger partial charge in [0.05, 0.1) is 24.9 Å². The van der Waals surface area contributed by atoms with Gasteiger partial charge in [-0.1, -0.05) is 12.1 Å². The Labute approximate surface area is 144 Å². The molecule has 2 aromatic rings. The third-order valence-corrected chi connectivity index (χ3v) is 3.95. The van der Waals surface area contributed by atoms with Crippen molar-refractivity contribution in [2.75, 3.05) is 25.6 Å². The maximum absolute atomic E-state index is 13.7. The number of halogens is 1. The maximum atomic E-state index is 13.7. The number of methoxy groups -OCH3 is 1. The van der Waals surface area contributed by atoms with Crippen LogP contribution in [0.25, 0.3) is 0 Å². The molecule has 0 saturated carbocycles. The number of nitrogens with zero attached hydrogens (tertiary/aromatic N) is 1. The van der Waals surface area contributed by atoms with Gasteiger partial charge in [-0.3, -0.25) is 9.59 Å². The molecule has 0 spiro atoms. The SMILES string of the molecule is CNC(=O)[C@@H]1CN(C(=O)c2cc(F)ccc2OC)c2ccccc2O1. The van der Waals surface area contributed by atoms with Gasteiger partial charge < -0.3 is 19.7 Å². The lowest BCUT2D eigenvalue weighted by atomic mass is 10.1. The molecule has 2 aromatic carbocycles. The number of fused-ring (bicyclic) bond motifs is 1. The van der Waals surface area contributed by atoms with Crippen LogP contribution in [0.5, 0.6) is 11.5 Å². The van der Waals surface area contributed by atoms with E-state index in [2.05, 4.69) is 5.32 Å². The van der Waals surface area contributed by atoms with Gasteiger partial charge in [0.25, 0.3) is 11.8 Å². The summed E-state index contributed by atoms with van der Waals surface area (Å²) in [5.41, 5.74) is 0.592. The highest BCUT2D eigenvalue weighted by atomic mass is 19.1. The van der Waals surface area contributed by atoms with Crippen LogP contribution < -0.4 is 19.7 Å². The van der Waals surface area contributed by atoms with E-state index in [1.54, 1.807) is 24.3 Å². The summed E-state index contributed by atoms with van der Waals surface area (Å²) in [5.74, 6) is -0.703. The van der Waals surface area contributed by atoms with Crippen molar-refractivity contribution in [3.05, 3.63) is 53.8 Å². The normalized spacial score (nSPS) is 15.8. The van der Waals surface area contributed by atoms with Gasteiger partial charge in [-0.25, -0.2) is 4.39 Å². The van der Waals surface area contributed by atoms with E-state index in [0.29, 0.717) is 11.4 Å². The first-order valence-corrected chi connectivity index (χ1v) is 7.68. The number of hydrogen-bond donors (Lipinski definition) is 1. The molecule has 6 nitrogen and oxygen atoms in total. The molecule has 0 saturated heterocycles. The van der Waals surface area contributed by atoms with E-state index in [1.807, 2.05) is 0 Å². The Kier molecular flexibility index (Phi) is 4.56. The fourth-order valence-electron chi connectivity index (χ4n) is 2.72. The number of amides is 2. The van der Waals surface area contributed by atoms with Gasteiger partial charge in [-0.05, 0) is 30.3 Å². The Morgan fingerprint density at radius 2 is 2.04 bits per heavy atom. The highest BCUT2D eigenvalue weighted by Crippen LogP contribution is 2.35. The number of para-hydroxylation sites is 2. The van der Waals surface area contributed by atoms with Crippen LogP contribution in [0.3, 0.4) is 0 Å². The fourth-order valence-corrected chi connectivity index (χ4v) is 2.72. The molecule has 1 heterocycles. The summed E-state index contributed by atoms with van der Waals surface area (Å²) in [6.45, 7) is 0.00911. The van der Waals surface area contributed by atoms with Gasteiger partial charge >= 0.3 is 0 Å². The van der Waals surface area contributed by atoms with Crippen molar-refractivity contribution in [3.8, 4) is 11.5 Å². The summed E-state index contributed by atoms with van der Waals surface area (Å²) >= 11 is 0. The maximum Gasteiger partial charge on any atom is 0.262 e. The average Bonchev–Trinajstić information content (AvgIpc) is 2.65. The number of carbonyl (C=O) groups is 2. The lowest BCUT2D eigenvalue weighted by molar-refractivity contribution is -0.127. The van der Waals surface area contributed by atoms with Crippen LogP contribution in [0.2, 0.25) is 0 Å². The molecule has 0 bridgehead atoms. The Balaban J connectivity index is 2.04. The summed E-state index contributed by atoms with van der Waals surface area (Å²) in [6, 6.07) is 10.6. The molecule has 25 heavy (non-hydrogen) atoms. The third kappa shape index (κ3) is 3.13. The molecule has 0 radical (unpaired) electrons. The fraction of sp³-hybridized carbons (Fsp3) is 0.222. The topological polar surface area (TPSA) is 67.9 Å². The van der Waals surface area contributed by atoms with Crippen molar-refractivity contribution < 1.29 is 23.5 Å². The minimum absolute atomic E-state index is 0.00911. The van der Waals surface area contributed by atoms with Crippen molar-refractivity contribution in [3.63, 3.8) is 0 Å². The Morgan fingerprint density at radius 3 is 2.76 bits per heavy atom.